The fourth-order valence-electron chi connectivity index (χ4n) is 1.99. The van der Waals surface area contributed by atoms with Gasteiger partial charge in [0.15, 0.2) is 5.82 Å². The van der Waals surface area contributed by atoms with Gasteiger partial charge >= 0.3 is 0 Å². The van der Waals surface area contributed by atoms with Crippen molar-refractivity contribution in [1.82, 2.24) is 9.97 Å². The number of hydrogen-bond donors (Lipinski definition) is 0. The molecule has 2 nitrogen and oxygen atoms in total. The second kappa shape index (κ2) is 6.02. The summed E-state index contributed by atoms with van der Waals surface area (Å²) in [6, 6.07) is 7.92. The Labute approximate surface area is 127 Å². The number of aryl methyl sites for hydroxylation is 1. The van der Waals surface area contributed by atoms with Crippen LogP contribution in [-0.2, 0) is 6.42 Å². The predicted octanol–water partition coefficient (Wildman–Crippen LogP) is 5.07. The molecule has 0 saturated carbocycles. The highest BCUT2D eigenvalue weighted by Crippen LogP contribution is 2.25. The fourth-order valence-corrected chi connectivity index (χ4v) is 2.67. The van der Waals surface area contributed by atoms with E-state index in [1.165, 1.54) is 0 Å². The van der Waals surface area contributed by atoms with Crippen LogP contribution in [0.2, 0.25) is 5.15 Å². The first-order valence-corrected chi connectivity index (χ1v) is 7.43. The molecule has 0 saturated heterocycles. The maximum absolute atomic E-state index is 6.11. The minimum atomic E-state index is 0.503. The smallest absolute Gasteiger partial charge is 0.161 e. The van der Waals surface area contributed by atoms with Crippen molar-refractivity contribution in [2.75, 3.05) is 0 Å². The van der Waals surface area contributed by atoms with Gasteiger partial charge in [0.05, 0.1) is 0 Å². The average Bonchev–Trinajstić information content (AvgIpc) is 2.26. The third-order valence-corrected chi connectivity index (χ3v) is 3.48. The van der Waals surface area contributed by atoms with Crippen LogP contribution in [0.1, 0.15) is 25.1 Å². The van der Waals surface area contributed by atoms with Crippen LogP contribution >= 0.6 is 27.5 Å². The lowest BCUT2D eigenvalue weighted by Crippen LogP contribution is -2.01. The molecule has 0 fully saturated rings. The molecule has 2 aromatic rings. The number of hydrogen-bond acceptors (Lipinski definition) is 2. The van der Waals surface area contributed by atoms with Crippen LogP contribution in [0, 0.1) is 12.8 Å². The Morgan fingerprint density at radius 2 is 1.95 bits per heavy atom. The van der Waals surface area contributed by atoms with Gasteiger partial charge in [0.1, 0.15) is 5.15 Å². The summed E-state index contributed by atoms with van der Waals surface area (Å²) in [6.07, 6.45) is 0.908. The van der Waals surface area contributed by atoms with Crippen molar-refractivity contribution >= 4 is 27.5 Å². The van der Waals surface area contributed by atoms with Crippen molar-refractivity contribution in [2.45, 2.75) is 27.2 Å². The van der Waals surface area contributed by atoms with Crippen molar-refractivity contribution in [3.8, 4) is 11.4 Å². The van der Waals surface area contributed by atoms with Crippen LogP contribution in [0.15, 0.2) is 28.7 Å². The molecule has 0 atom stereocenters. The second-order valence-corrected chi connectivity index (χ2v) is 6.37. The first kappa shape index (κ1) is 14.5. The predicted molar refractivity (Wildman–Crippen MR) is 83.5 cm³/mol. The average molecular weight is 340 g/mol. The van der Waals surface area contributed by atoms with Gasteiger partial charge in [0.25, 0.3) is 0 Å². The van der Waals surface area contributed by atoms with E-state index < -0.39 is 0 Å². The Hall–Kier alpha value is -0.930. The number of rotatable bonds is 3. The van der Waals surface area contributed by atoms with Crippen molar-refractivity contribution in [3.63, 3.8) is 0 Å². The van der Waals surface area contributed by atoms with Crippen molar-refractivity contribution < 1.29 is 0 Å². The lowest BCUT2D eigenvalue weighted by Gasteiger charge is -2.09. The zero-order valence-corrected chi connectivity index (χ0v) is 13.6. The van der Waals surface area contributed by atoms with Gasteiger partial charge in [-0.1, -0.05) is 41.4 Å². The summed E-state index contributed by atoms with van der Waals surface area (Å²) >= 11 is 9.57. The zero-order valence-electron chi connectivity index (χ0n) is 11.2. The molecule has 0 aliphatic carbocycles. The van der Waals surface area contributed by atoms with Crippen LogP contribution in [0.5, 0.6) is 0 Å². The molecule has 0 radical (unpaired) electrons. The third kappa shape index (κ3) is 3.77. The summed E-state index contributed by atoms with van der Waals surface area (Å²) < 4.78 is 1.05. The summed E-state index contributed by atoms with van der Waals surface area (Å²) in [4.78, 5) is 8.96. The molecule has 4 heteroatoms. The monoisotopic (exact) mass is 338 g/mol. The van der Waals surface area contributed by atoms with Crippen molar-refractivity contribution in [2.24, 2.45) is 5.92 Å². The second-order valence-electron chi connectivity index (χ2n) is 5.06. The summed E-state index contributed by atoms with van der Waals surface area (Å²) in [5.41, 5.74) is 3.15. The highest BCUT2D eigenvalue weighted by molar-refractivity contribution is 9.10. The van der Waals surface area contributed by atoms with Gasteiger partial charge in [0, 0.05) is 15.7 Å². The number of nitrogens with zero attached hydrogens (tertiary/aromatic N) is 2. The van der Waals surface area contributed by atoms with E-state index in [9.17, 15) is 0 Å². The number of halogens is 2. The maximum Gasteiger partial charge on any atom is 0.161 e. The van der Waals surface area contributed by atoms with E-state index in [1.807, 2.05) is 25.1 Å². The first-order chi connectivity index (χ1) is 8.95. The quantitative estimate of drug-likeness (QED) is 0.730. The van der Waals surface area contributed by atoms with Crippen LogP contribution in [0.3, 0.4) is 0 Å². The van der Waals surface area contributed by atoms with Crippen LogP contribution < -0.4 is 0 Å². The topological polar surface area (TPSA) is 25.8 Å². The number of benzene rings is 1. The van der Waals surface area contributed by atoms with E-state index >= 15 is 0 Å². The van der Waals surface area contributed by atoms with E-state index in [1.54, 1.807) is 0 Å². The molecule has 0 aliphatic heterocycles. The van der Waals surface area contributed by atoms with Gasteiger partial charge in [0.2, 0.25) is 0 Å². The molecule has 2 rings (SSSR count). The summed E-state index contributed by atoms with van der Waals surface area (Å²) in [7, 11) is 0. The Kier molecular flexibility index (Phi) is 4.58. The van der Waals surface area contributed by atoms with E-state index in [2.05, 4.69) is 45.8 Å². The molecule has 0 bridgehead atoms. The van der Waals surface area contributed by atoms with E-state index in [-0.39, 0.29) is 0 Å². The van der Waals surface area contributed by atoms with Crippen LogP contribution in [0.25, 0.3) is 11.4 Å². The molecule has 0 amide bonds. The largest absolute Gasteiger partial charge is 0.233 e. The van der Waals surface area contributed by atoms with E-state index in [4.69, 9.17) is 11.6 Å². The van der Waals surface area contributed by atoms with Gasteiger partial charge in [-0.2, -0.15) is 0 Å². The fraction of sp³-hybridized carbons (Fsp3) is 0.333. The van der Waals surface area contributed by atoms with Gasteiger partial charge < -0.3 is 0 Å². The zero-order chi connectivity index (χ0) is 14.0. The molecule has 0 unspecified atom stereocenters. The van der Waals surface area contributed by atoms with Gasteiger partial charge in [-0.05, 0) is 49.1 Å². The summed E-state index contributed by atoms with van der Waals surface area (Å²) in [5, 5.41) is 0.503. The third-order valence-electron chi connectivity index (χ3n) is 2.79. The van der Waals surface area contributed by atoms with Gasteiger partial charge in [-0.25, -0.2) is 9.97 Å². The van der Waals surface area contributed by atoms with Gasteiger partial charge in [-0.15, -0.1) is 0 Å². The van der Waals surface area contributed by atoms with Crippen molar-refractivity contribution in [1.29, 1.82) is 0 Å². The first-order valence-electron chi connectivity index (χ1n) is 6.25. The Bertz CT molecular complexity index is 597. The SMILES string of the molecule is Cc1cc(Br)ccc1-c1nc(Cl)cc(CC(C)C)n1. The molecule has 1 aromatic heterocycles. The molecule has 0 aliphatic rings. The Balaban J connectivity index is 2.46. The van der Waals surface area contributed by atoms with E-state index in [0.717, 1.165) is 27.7 Å². The Morgan fingerprint density at radius 1 is 1.21 bits per heavy atom. The molecular formula is C15H16BrClN2. The highest BCUT2D eigenvalue weighted by atomic mass is 79.9. The molecule has 100 valence electrons. The van der Waals surface area contributed by atoms with E-state index in [0.29, 0.717) is 16.9 Å². The summed E-state index contributed by atoms with van der Waals surface area (Å²) in [5.74, 6) is 1.25. The highest BCUT2D eigenvalue weighted by Gasteiger charge is 2.09. The Morgan fingerprint density at radius 3 is 2.58 bits per heavy atom. The van der Waals surface area contributed by atoms with Crippen LogP contribution in [0.4, 0.5) is 0 Å². The molecule has 0 spiro atoms. The lowest BCUT2D eigenvalue weighted by molar-refractivity contribution is 0.634. The van der Waals surface area contributed by atoms with Gasteiger partial charge in [-0.3, -0.25) is 0 Å². The van der Waals surface area contributed by atoms with Crippen molar-refractivity contribution in [3.05, 3.63) is 45.1 Å². The molecule has 1 aromatic carbocycles. The number of aromatic nitrogens is 2. The minimum Gasteiger partial charge on any atom is -0.233 e. The molecule has 0 N–H and O–H groups in total. The molecule has 19 heavy (non-hydrogen) atoms. The minimum absolute atomic E-state index is 0.503. The molecule has 1 heterocycles. The lowest BCUT2D eigenvalue weighted by atomic mass is 10.1. The standard InChI is InChI=1S/C15H16BrClN2/c1-9(2)6-12-8-14(17)19-15(18-12)13-5-4-11(16)7-10(13)3/h4-5,7-9H,6H2,1-3H3. The normalized spacial score (nSPS) is 11.1. The van der Waals surface area contributed by atoms with Crippen LogP contribution in [-0.4, -0.2) is 9.97 Å². The maximum atomic E-state index is 6.11. The summed E-state index contributed by atoms with van der Waals surface area (Å²) in [6.45, 7) is 6.38. The molecular weight excluding hydrogens is 324 g/mol.